The van der Waals surface area contributed by atoms with Crippen molar-refractivity contribution in [1.29, 1.82) is 0 Å². The molecule has 0 radical (unpaired) electrons. The van der Waals surface area contributed by atoms with Crippen molar-refractivity contribution in [3.63, 3.8) is 0 Å². The summed E-state index contributed by atoms with van der Waals surface area (Å²) < 4.78 is 9.07. The van der Waals surface area contributed by atoms with Gasteiger partial charge >= 0.3 is 5.69 Å². The molecule has 0 unspecified atom stereocenters. The number of imidazole rings is 1. The summed E-state index contributed by atoms with van der Waals surface area (Å²) in [6.07, 6.45) is 0. The molecule has 2 aromatic carbocycles. The Hall–Kier alpha value is -2.66. The highest BCUT2D eigenvalue weighted by molar-refractivity contribution is 6.36. The van der Waals surface area contributed by atoms with Crippen molar-refractivity contribution in [1.82, 2.24) is 9.13 Å². The Kier molecular flexibility index (Phi) is 3.39. The van der Waals surface area contributed by atoms with Crippen LogP contribution in [-0.4, -0.2) is 9.13 Å². The normalized spacial score (nSPS) is 11.5. The molecule has 0 aliphatic carbocycles. The lowest BCUT2D eigenvalue weighted by Crippen LogP contribution is -2.19. The third kappa shape index (κ3) is 2.20. The molecule has 0 aliphatic heterocycles. The number of furan rings is 1. The predicted octanol–water partition coefficient (Wildman–Crippen LogP) is 3.89. The van der Waals surface area contributed by atoms with Crippen molar-refractivity contribution in [2.45, 2.75) is 6.54 Å². The first-order chi connectivity index (χ1) is 11.6. The maximum absolute atomic E-state index is 12.0. The third-order valence-electron chi connectivity index (χ3n) is 4.33. The summed E-state index contributed by atoms with van der Waals surface area (Å²) in [5, 5.41) is 4.85. The van der Waals surface area contributed by atoms with Gasteiger partial charge in [0, 0.05) is 25.2 Å². The molecule has 0 spiro atoms. The number of nitrogens with one attached hydrogen (secondary N) is 1. The van der Waals surface area contributed by atoms with Gasteiger partial charge in [-0.2, -0.15) is 0 Å². The summed E-state index contributed by atoms with van der Waals surface area (Å²) in [6.45, 7) is 0.472. The molecular formula is C18H16ClN3O2. The first kappa shape index (κ1) is 14.9. The summed E-state index contributed by atoms with van der Waals surface area (Å²) in [7, 11) is 3.54. The molecule has 0 saturated heterocycles. The van der Waals surface area contributed by atoms with E-state index in [9.17, 15) is 4.79 Å². The van der Waals surface area contributed by atoms with Gasteiger partial charge in [0.25, 0.3) is 0 Å². The highest BCUT2D eigenvalue weighted by Gasteiger charge is 2.12. The third-order valence-corrected chi connectivity index (χ3v) is 4.74. The smallest absolute Gasteiger partial charge is 0.328 e. The molecule has 0 atom stereocenters. The van der Waals surface area contributed by atoms with Crippen molar-refractivity contribution in [2.24, 2.45) is 14.1 Å². The zero-order chi connectivity index (χ0) is 16.8. The van der Waals surface area contributed by atoms with Crippen LogP contribution in [0.4, 0.5) is 5.69 Å². The van der Waals surface area contributed by atoms with E-state index in [2.05, 4.69) is 5.32 Å². The summed E-state index contributed by atoms with van der Waals surface area (Å²) in [5.74, 6) is 0.694. The van der Waals surface area contributed by atoms with Crippen LogP contribution >= 0.6 is 11.6 Å². The van der Waals surface area contributed by atoms with Gasteiger partial charge < -0.3 is 9.73 Å². The Bertz CT molecular complexity index is 1120. The average molecular weight is 342 g/mol. The molecule has 2 aromatic heterocycles. The van der Waals surface area contributed by atoms with Gasteiger partial charge in [-0.25, -0.2) is 4.79 Å². The molecule has 6 heteroatoms. The Labute approximate surface area is 143 Å². The quantitative estimate of drug-likeness (QED) is 0.615. The first-order valence-electron chi connectivity index (χ1n) is 7.61. The maximum atomic E-state index is 12.0. The van der Waals surface area contributed by atoms with E-state index in [0.29, 0.717) is 17.3 Å². The first-order valence-corrected chi connectivity index (χ1v) is 7.99. The fraction of sp³-hybridized carbons (Fsp3) is 0.167. The van der Waals surface area contributed by atoms with Crippen molar-refractivity contribution in [3.8, 4) is 0 Å². The largest absolute Gasteiger partial charge is 0.458 e. The van der Waals surface area contributed by atoms with Gasteiger partial charge in [0.1, 0.15) is 11.3 Å². The molecule has 122 valence electrons. The number of hydrogen-bond donors (Lipinski definition) is 1. The topological polar surface area (TPSA) is 52.1 Å². The fourth-order valence-electron chi connectivity index (χ4n) is 2.98. The molecule has 0 fully saturated rings. The van der Waals surface area contributed by atoms with Gasteiger partial charge in [0.15, 0.2) is 0 Å². The monoisotopic (exact) mass is 341 g/mol. The molecule has 24 heavy (non-hydrogen) atoms. The van der Waals surface area contributed by atoms with Gasteiger partial charge in [-0.3, -0.25) is 9.13 Å². The molecule has 0 aliphatic rings. The van der Waals surface area contributed by atoms with Crippen LogP contribution in [0.3, 0.4) is 0 Å². The van der Waals surface area contributed by atoms with E-state index in [1.807, 2.05) is 42.5 Å². The van der Waals surface area contributed by atoms with Crippen molar-refractivity contribution < 1.29 is 4.42 Å². The van der Waals surface area contributed by atoms with E-state index < -0.39 is 0 Å². The van der Waals surface area contributed by atoms with Crippen LogP contribution in [0.2, 0.25) is 5.02 Å². The lowest BCUT2D eigenvalue weighted by atomic mass is 10.2. The van der Waals surface area contributed by atoms with E-state index >= 15 is 0 Å². The minimum atomic E-state index is -0.0394. The zero-order valence-corrected chi connectivity index (χ0v) is 14.1. The number of aryl methyl sites for hydroxylation is 2. The van der Waals surface area contributed by atoms with E-state index in [1.165, 1.54) is 0 Å². The van der Waals surface area contributed by atoms with Crippen LogP contribution in [0.25, 0.3) is 22.0 Å². The van der Waals surface area contributed by atoms with Gasteiger partial charge in [0.05, 0.1) is 22.6 Å². The Morgan fingerprint density at radius 2 is 1.83 bits per heavy atom. The zero-order valence-electron chi connectivity index (χ0n) is 13.3. The highest BCUT2D eigenvalue weighted by atomic mass is 35.5. The van der Waals surface area contributed by atoms with Gasteiger partial charge in [-0.1, -0.05) is 23.7 Å². The van der Waals surface area contributed by atoms with Gasteiger partial charge in [0.2, 0.25) is 0 Å². The summed E-state index contributed by atoms with van der Waals surface area (Å²) in [6, 6.07) is 13.5. The fourth-order valence-corrected chi connectivity index (χ4v) is 3.24. The number of rotatable bonds is 3. The number of halogens is 1. The minimum Gasteiger partial charge on any atom is -0.458 e. The number of anilines is 1. The number of hydrogen-bond acceptors (Lipinski definition) is 3. The molecule has 4 aromatic rings. The molecule has 2 heterocycles. The second kappa shape index (κ2) is 5.46. The van der Waals surface area contributed by atoms with Crippen LogP contribution in [0.1, 0.15) is 5.76 Å². The lowest BCUT2D eigenvalue weighted by molar-refractivity contribution is 0.559. The SMILES string of the molecule is Cn1c(=O)n(C)c2cc(NCc3oc4ccccc4c3Cl)ccc21. The number of aromatic nitrogens is 2. The molecular weight excluding hydrogens is 326 g/mol. The molecule has 5 nitrogen and oxygen atoms in total. The number of para-hydroxylation sites is 1. The number of benzene rings is 2. The molecule has 0 bridgehead atoms. The van der Waals surface area contributed by atoms with E-state index in [0.717, 1.165) is 27.7 Å². The van der Waals surface area contributed by atoms with Crippen molar-refractivity contribution in [2.75, 3.05) is 5.32 Å². The molecule has 4 rings (SSSR count). The highest BCUT2D eigenvalue weighted by Crippen LogP contribution is 2.30. The Morgan fingerprint density at radius 1 is 1.08 bits per heavy atom. The Balaban J connectivity index is 1.65. The summed E-state index contributed by atoms with van der Waals surface area (Å²) in [4.78, 5) is 12.0. The van der Waals surface area contributed by atoms with E-state index in [-0.39, 0.29) is 5.69 Å². The molecule has 0 amide bonds. The number of nitrogens with zero attached hydrogens (tertiary/aromatic N) is 2. The second-order valence-corrected chi connectivity index (χ2v) is 6.17. The van der Waals surface area contributed by atoms with Crippen LogP contribution in [0.5, 0.6) is 0 Å². The van der Waals surface area contributed by atoms with E-state index in [1.54, 1.807) is 23.2 Å². The summed E-state index contributed by atoms with van der Waals surface area (Å²) in [5.41, 5.74) is 3.42. The lowest BCUT2D eigenvalue weighted by Gasteiger charge is -2.06. The van der Waals surface area contributed by atoms with Crippen LogP contribution in [0, 0.1) is 0 Å². The van der Waals surface area contributed by atoms with Crippen molar-refractivity contribution in [3.05, 3.63) is 63.7 Å². The summed E-state index contributed by atoms with van der Waals surface area (Å²) >= 11 is 6.39. The molecule has 0 saturated carbocycles. The second-order valence-electron chi connectivity index (χ2n) is 5.79. The standard InChI is InChI=1S/C18H16ClN3O2/c1-21-13-8-7-11(9-14(13)22(2)18(21)23)20-10-16-17(19)12-5-3-4-6-15(12)24-16/h3-9,20H,10H2,1-2H3. The van der Waals surface area contributed by atoms with Crippen molar-refractivity contribution >= 4 is 39.3 Å². The van der Waals surface area contributed by atoms with Gasteiger partial charge in [-0.15, -0.1) is 0 Å². The maximum Gasteiger partial charge on any atom is 0.328 e. The van der Waals surface area contributed by atoms with Crippen LogP contribution in [0.15, 0.2) is 51.7 Å². The average Bonchev–Trinajstić information content (AvgIpc) is 3.04. The number of fused-ring (bicyclic) bond motifs is 2. The molecule has 1 N–H and O–H groups in total. The van der Waals surface area contributed by atoms with E-state index in [4.69, 9.17) is 16.0 Å². The van der Waals surface area contributed by atoms with Crippen LogP contribution < -0.4 is 11.0 Å². The Morgan fingerprint density at radius 3 is 2.62 bits per heavy atom. The van der Waals surface area contributed by atoms with Gasteiger partial charge in [-0.05, 0) is 30.3 Å². The van der Waals surface area contributed by atoms with Crippen LogP contribution in [-0.2, 0) is 20.6 Å². The minimum absolute atomic E-state index is 0.0394. The predicted molar refractivity (Wildman–Crippen MR) is 96.7 cm³/mol.